The number of hydrogen-bond donors (Lipinski definition) is 0. The maximum atomic E-state index is 5.58. The Hall–Kier alpha value is -0.230. The zero-order chi connectivity index (χ0) is 6.57. The average Bonchev–Trinajstić information content (AvgIpc) is 1.69. The minimum Gasteiger partial charge on any atom is -0.0847 e. The Bertz CT molecular complexity index is 112. The van der Waals surface area contributed by atoms with E-state index in [1.165, 1.54) is 0 Å². The van der Waals surface area contributed by atoms with Gasteiger partial charge in [0.2, 0.25) is 0 Å². The second-order valence-electron chi connectivity index (χ2n) is 1.57. The van der Waals surface area contributed by atoms with Crippen LogP contribution in [-0.4, -0.2) is 0 Å². The van der Waals surface area contributed by atoms with Crippen molar-refractivity contribution in [1.29, 1.82) is 0 Å². The van der Waals surface area contributed by atoms with Crippen molar-refractivity contribution in [3.8, 4) is 0 Å². The molecule has 46 valence electrons. The minimum absolute atomic E-state index is 0.662. The Labute approximate surface area is 55.9 Å². The van der Waals surface area contributed by atoms with E-state index in [9.17, 15) is 0 Å². The molecule has 0 heterocycles. The van der Waals surface area contributed by atoms with Gasteiger partial charge in [-0.05, 0) is 18.9 Å². The molecule has 1 heteroatoms. The van der Waals surface area contributed by atoms with Crippen LogP contribution in [0.1, 0.15) is 20.3 Å². The van der Waals surface area contributed by atoms with E-state index in [0.717, 1.165) is 12.0 Å². The van der Waals surface area contributed by atoms with E-state index in [2.05, 4.69) is 13.5 Å². The van der Waals surface area contributed by atoms with Gasteiger partial charge in [0.05, 0.1) is 0 Å². The molecule has 0 bridgehead atoms. The van der Waals surface area contributed by atoms with E-state index in [4.69, 9.17) is 11.6 Å². The van der Waals surface area contributed by atoms with Crippen LogP contribution < -0.4 is 0 Å². The summed E-state index contributed by atoms with van der Waals surface area (Å²) in [5.74, 6) is 0. The molecule has 0 nitrogen and oxygen atoms in total. The molecular formula is C7H11Cl. The SMILES string of the molecule is C=C(Cl)/C(=C\C)CC. The summed E-state index contributed by atoms with van der Waals surface area (Å²) in [5, 5.41) is 0.662. The second-order valence-corrected chi connectivity index (χ2v) is 2.03. The third-order valence-corrected chi connectivity index (χ3v) is 1.32. The fraction of sp³-hybridized carbons (Fsp3) is 0.429. The highest BCUT2D eigenvalue weighted by atomic mass is 35.5. The van der Waals surface area contributed by atoms with Crippen molar-refractivity contribution in [3.05, 3.63) is 23.3 Å². The van der Waals surface area contributed by atoms with Gasteiger partial charge in [-0.15, -0.1) is 0 Å². The number of halogens is 1. The van der Waals surface area contributed by atoms with Crippen molar-refractivity contribution in [3.63, 3.8) is 0 Å². The Balaban J connectivity index is 3.92. The van der Waals surface area contributed by atoms with Crippen LogP contribution in [0.2, 0.25) is 0 Å². The fourth-order valence-corrected chi connectivity index (χ4v) is 0.795. The van der Waals surface area contributed by atoms with Gasteiger partial charge >= 0.3 is 0 Å². The smallest absolute Gasteiger partial charge is 0.0362 e. The minimum atomic E-state index is 0.662. The molecule has 0 rings (SSSR count). The van der Waals surface area contributed by atoms with Gasteiger partial charge in [-0.1, -0.05) is 31.2 Å². The number of hydrogen-bond acceptors (Lipinski definition) is 0. The molecule has 0 saturated carbocycles. The molecule has 0 atom stereocenters. The summed E-state index contributed by atoms with van der Waals surface area (Å²) in [5.41, 5.74) is 1.13. The van der Waals surface area contributed by atoms with Gasteiger partial charge in [0.25, 0.3) is 0 Å². The highest BCUT2D eigenvalue weighted by Crippen LogP contribution is 2.14. The van der Waals surface area contributed by atoms with Crippen LogP contribution in [0.5, 0.6) is 0 Å². The molecule has 0 aliphatic rings. The molecule has 0 aromatic rings. The molecule has 0 amide bonds. The fourth-order valence-electron chi connectivity index (χ4n) is 0.553. The molecule has 0 saturated heterocycles. The van der Waals surface area contributed by atoms with Crippen LogP contribution in [0.3, 0.4) is 0 Å². The summed E-state index contributed by atoms with van der Waals surface area (Å²) in [6.45, 7) is 7.62. The molecule has 0 aliphatic carbocycles. The third kappa shape index (κ3) is 2.17. The summed E-state index contributed by atoms with van der Waals surface area (Å²) in [7, 11) is 0. The zero-order valence-electron chi connectivity index (χ0n) is 5.37. The molecule has 0 spiro atoms. The van der Waals surface area contributed by atoms with Crippen LogP contribution in [0, 0.1) is 0 Å². The van der Waals surface area contributed by atoms with Crippen molar-refractivity contribution in [1.82, 2.24) is 0 Å². The Morgan fingerprint density at radius 1 is 1.75 bits per heavy atom. The van der Waals surface area contributed by atoms with Crippen LogP contribution >= 0.6 is 11.6 Å². The van der Waals surface area contributed by atoms with Gasteiger partial charge < -0.3 is 0 Å². The molecule has 0 unspecified atom stereocenters. The molecule has 0 radical (unpaired) electrons. The number of rotatable bonds is 2. The third-order valence-electron chi connectivity index (χ3n) is 1.08. The predicted molar refractivity (Wildman–Crippen MR) is 39.0 cm³/mol. The molecule has 0 aliphatic heterocycles. The Kier molecular flexibility index (Phi) is 3.63. The first-order valence-corrected chi connectivity index (χ1v) is 3.10. The van der Waals surface area contributed by atoms with Crippen molar-refractivity contribution >= 4 is 11.6 Å². The molecule has 0 aromatic heterocycles. The largest absolute Gasteiger partial charge is 0.0847 e. The summed E-state index contributed by atoms with van der Waals surface area (Å²) < 4.78 is 0. The first-order chi connectivity index (χ1) is 3.72. The molecular weight excluding hydrogens is 120 g/mol. The predicted octanol–water partition coefficient (Wildman–Crippen LogP) is 3.10. The second kappa shape index (κ2) is 3.73. The molecule has 0 aromatic carbocycles. The summed E-state index contributed by atoms with van der Waals surface area (Å²) >= 11 is 5.58. The van der Waals surface area contributed by atoms with Crippen molar-refractivity contribution < 1.29 is 0 Å². The normalized spacial score (nSPS) is 11.6. The summed E-state index contributed by atoms with van der Waals surface area (Å²) in [6, 6.07) is 0. The lowest BCUT2D eigenvalue weighted by atomic mass is 10.2. The van der Waals surface area contributed by atoms with Gasteiger partial charge in [-0.2, -0.15) is 0 Å². The van der Waals surface area contributed by atoms with E-state index in [1.807, 2.05) is 13.0 Å². The number of allylic oxidation sites excluding steroid dienone is 3. The van der Waals surface area contributed by atoms with E-state index in [0.29, 0.717) is 5.03 Å². The van der Waals surface area contributed by atoms with Gasteiger partial charge in [-0.25, -0.2) is 0 Å². The van der Waals surface area contributed by atoms with Crippen LogP contribution in [-0.2, 0) is 0 Å². The van der Waals surface area contributed by atoms with Crippen molar-refractivity contribution in [2.75, 3.05) is 0 Å². The lowest BCUT2D eigenvalue weighted by Crippen LogP contribution is -1.75. The van der Waals surface area contributed by atoms with E-state index in [1.54, 1.807) is 0 Å². The molecule has 8 heavy (non-hydrogen) atoms. The van der Waals surface area contributed by atoms with Crippen LogP contribution in [0.25, 0.3) is 0 Å². The van der Waals surface area contributed by atoms with Crippen LogP contribution in [0.15, 0.2) is 23.3 Å². The Morgan fingerprint density at radius 2 is 2.25 bits per heavy atom. The average molecular weight is 131 g/mol. The summed E-state index contributed by atoms with van der Waals surface area (Å²) in [4.78, 5) is 0. The van der Waals surface area contributed by atoms with E-state index < -0.39 is 0 Å². The standard InChI is InChI=1S/C7H11Cl/c1-4-7(5-2)6(3)8/h4H,3,5H2,1-2H3/b7-4-. The van der Waals surface area contributed by atoms with Gasteiger partial charge in [0.15, 0.2) is 0 Å². The lowest BCUT2D eigenvalue weighted by molar-refractivity contribution is 1.13. The van der Waals surface area contributed by atoms with Crippen molar-refractivity contribution in [2.24, 2.45) is 0 Å². The van der Waals surface area contributed by atoms with Gasteiger partial charge in [-0.3, -0.25) is 0 Å². The monoisotopic (exact) mass is 130 g/mol. The molecule has 0 fully saturated rings. The summed E-state index contributed by atoms with van der Waals surface area (Å²) in [6.07, 6.45) is 2.95. The quantitative estimate of drug-likeness (QED) is 0.504. The first-order valence-electron chi connectivity index (χ1n) is 2.72. The highest BCUT2D eigenvalue weighted by molar-refractivity contribution is 6.31. The molecule has 0 N–H and O–H groups in total. The van der Waals surface area contributed by atoms with Crippen LogP contribution in [0.4, 0.5) is 0 Å². The lowest BCUT2D eigenvalue weighted by Gasteiger charge is -1.96. The van der Waals surface area contributed by atoms with Gasteiger partial charge in [0.1, 0.15) is 0 Å². The van der Waals surface area contributed by atoms with E-state index >= 15 is 0 Å². The zero-order valence-corrected chi connectivity index (χ0v) is 6.13. The topological polar surface area (TPSA) is 0 Å². The maximum Gasteiger partial charge on any atom is 0.0362 e. The highest BCUT2D eigenvalue weighted by Gasteiger charge is 1.91. The van der Waals surface area contributed by atoms with Gasteiger partial charge in [0, 0.05) is 5.03 Å². The Morgan fingerprint density at radius 3 is 2.25 bits per heavy atom. The van der Waals surface area contributed by atoms with E-state index in [-0.39, 0.29) is 0 Å². The maximum absolute atomic E-state index is 5.58. The van der Waals surface area contributed by atoms with Crippen molar-refractivity contribution in [2.45, 2.75) is 20.3 Å². The first kappa shape index (κ1) is 7.77.